The van der Waals surface area contributed by atoms with Crippen molar-refractivity contribution >= 4 is 23.6 Å². The first-order chi connectivity index (χ1) is 29.1. The van der Waals surface area contributed by atoms with Crippen LogP contribution < -0.4 is 15.5 Å². The number of phenolic OH excluding ortho intramolecular Hbond substituents is 1. The summed E-state index contributed by atoms with van der Waals surface area (Å²) in [5.41, 5.74) is 13.3. The highest BCUT2D eigenvalue weighted by Gasteiger charge is 2.40. The second-order valence-electron chi connectivity index (χ2n) is 17.8. The van der Waals surface area contributed by atoms with E-state index < -0.39 is 0 Å². The van der Waals surface area contributed by atoms with Crippen molar-refractivity contribution in [2.75, 3.05) is 51.8 Å². The Morgan fingerprint density at radius 2 is 1.65 bits per heavy atom. The lowest BCUT2D eigenvalue weighted by molar-refractivity contribution is -0.121. The fourth-order valence-corrected chi connectivity index (χ4v) is 10.4. The Balaban J connectivity index is 0.000000173. The summed E-state index contributed by atoms with van der Waals surface area (Å²) in [7, 11) is 3.93. The molecule has 5 aliphatic rings. The zero-order chi connectivity index (χ0) is 41.8. The number of amides is 1. The van der Waals surface area contributed by atoms with E-state index in [9.17, 15) is 14.7 Å². The minimum Gasteiger partial charge on any atom is -0.508 e. The summed E-state index contributed by atoms with van der Waals surface area (Å²) in [6.07, 6.45) is 8.23. The van der Waals surface area contributed by atoms with Crippen LogP contribution in [-0.2, 0) is 40.4 Å². The van der Waals surface area contributed by atoms with Gasteiger partial charge in [-0.1, -0.05) is 67.8 Å². The molecule has 0 radical (unpaired) electrons. The van der Waals surface area contributed by atoms with Gasteiger partial charge in [-0.15, -0.1) is 0 Å². The topological polar surface area (TPSA) is 97.4 Å². The fourth-order valence-electron chi connectivity index (χ4n) is 10.4. The summed E-state index contributed by atoms with van der Waals surface area (Å²) in [5.74, 6) is 1.16. The van der Waals surface area contributed by atoms with Gasteiger partial charge in [0.2, 0.25) is 5.91 Å². The van der Waals surface area contributed by atoms with Crippen molar-refractivity contribution in [3.8, 4) is 5.75 Å². The second kappa shape index (κ2) is 18.2. The number of piperidine rings is 2. The number of carbonyl (C=O) groups excluding carboxylic acids is 2. The van der Waals surface area contributed by atoms with Crippen molar-refractivity contribution in [1.29, 1.82) is 0 Å². The lowest BCUT2D eigenvalue weighted by Crippen LogP contribution is -2.42. The molecule has 9 heteroatoms. The molecule has 4 aromatic rings. The van der Waals surface area contributed by atoms with Gasteiger partial charge in [-0.05, 0) is 139 Å². The summed E-state index contributed by atoms with van der Waals surface area (Å²) in [5, 5.41) is 16.3. The molecule has 3 unspecified atom stereocenters. The number of hydrogen-bond donors (Lipinski definition) is 3. The summed E-state index contributed by atoms with van der Waals surface area (Å²) >= 11 is 0. The monoisotopic (exact) mass is 807 g/mol. The van der Waals surface area contributed by atoms with Crippen LogP contribution in [0.3, 0.4) is 0 Å². The number of rotatable bonds is 10. The first-order valence-corrected chi connectivity index (χ1v) is 21.8. The van der Waals surface area contributed by atoms with Gasteiger partial charge in [0, 0.05) is 68.3 Å². The largest absolute Gasteiger partial charge is 0.508 e. The Morgan fingerprint density at radius 3 is 2.37 bits per heavy atom. The minimum absolute atomic E-state index is 0.00605. The number of likely N-dealkylation sites (tertiary alicyclic amines) is 1. The van der Waals surface area contributed by atoms with E-state index in [1.165, 1.54) is 84.5 Å². The average Bonchev–Trinajstić information content (AvgIpc) is 3.86. The molecule has 1 amide bonds. The third-order valence-electron chi connectivity index (χ3n) is 13.8. The molecular weight excluding hydrogens is 747 g/mol. The van der Waals surface area contributed by atoms with Crippen molar-refractivity contribution in [1.82, 2.24) is 20.4 Å². The van der Waals surface area contributed by atoms with Gasteiger partial charge < -0.3 is 35.1 Å². The Kier molecular flexibility index (Phi) is 12.6. The maximum atomic E-state index is 11.5. The summed E-state index contributed by atoms with van der Waals surface area (Å²) < 4.78 is 5.36. The molecule has 9 nitrogen and oxygen atoms in total. The van der Waals surface area contributed by atoms with Crippen molar-refractivity contribution in [2.45, 2.75) is 82.5 Å². The van der Waals surface area contributed by atoms with Crippen molar-refractivity contribution in [3.05, 3.63) is 148 Å². The summed E-state index contributed by atoms with van der Waals surface area (Å²) in [6, 6.07) is 30.7. The molecule has 3 N–H and O–H groups in total. The Bertz CT molecular complexity index is 2200. The Hall–Kier alpha value is -5.22. The lowest BCUT2D eigenvalue weighted by Gasteiger charge is -2.38. The van der Waals surface area contributed by atoms with E-state index in [-0.39, 0.29) is 11.9 Å². The van der Waals surface area contributed by atoms with Gasteiger partial charge in [0.25, 0.3) is 0 Å². The number of carbonyl (C=O) groups is 2. The lowest BCUT2D eigenvalue weighted by atomic mass is 9.69. The molecule has 9 rings (SSSR count). The van der Waals surface area contributed by atoms with Crippen LogP contribution in [0.5, 0.6) is 5.75 Å². The SMILES string of the molecule is C=C(NC1CCC(=O)NC1=C)c1cc2c(cc1COC)CN(CC=O)C2.CN1CCC2(CC1)CCN(c1ccc(C3c4ccc(O)cc4CCC3c3ccccc3)cc1)C2. The van der Waals surface area contributed by atoms with E-state index >= 15 is 0 Å². The maximum Gasteiger partial charge on any atom is 0.224 e. The highest BCUT2D eigenvalue weighted by molar-refractivity contribution is 5.79. The van der Waals surface area contributed by atoms with Gasteiger partial charge in [-0.25, -0.2) is 0 Å². The number of aromatic hydroxyl groups is 1. The third-order valence-corrected chi connectivity index (χ3v) is 13.8. The number of hydrogen-bond acceptors (Lipinski definition) is 8. The molecule has 3 atom stereocenters. The van der Waals surface area contributed by atoms with E-state index in [0.717, 1.165) is 49.0 Å². The zero-order valence-corrected chi connectivity index (χ0v) is 35.4. The molecule has 0 saturated carbocycles. The number of anilines is 1. The predicted molar refractivity (Wildman–Crippen MR) is 240 cm³/mol. The van der Waals surface area contributed by atoms with Gasteiger partial charge in [0.15, 0.2) is 0 Å². The molecule has 0 bridgehead atoms. The first-order valence-electron chi connectivity index (χ1n) is 21.8. The van der Waals surface area contributed by atoms with Crippen molar-refractivity contribution in [2.24, 2.45) is 5.41 Å². The Labute approximate surface area is 356 Å². The Morgan fingerprint density at radius 1 is 0.917 bits per heavy atom. The zero-order valence-electron chi connectivity index (χ0n) is 35.4. The van der Waals surface area contributed by atoms with Crippen LogP contribution in [0.2, 0.25) is 0 Å². The van der Waals surface area contributed by atoms with Crippen LogP contribution in [0.4, 0.5) is 5.69 Å². The second-order valence-corrected chi connectivity index (χ2v) is 17.8. The smallest absolute Gasteiger partial charge is 0.224 e. The van der Waals surface area contributed by atoms with Gasteiger partial charge in [-0.3, -0.25) is 9.69 Å². The van der Waals surface area contributed by atoms with Gasteiger partial charge in [0.05, 0.1) is 19.2 Å². The summed E-state index contributed by atoms with van der Waals surface area (Å²) in [4.78, 5) is 29.5. The molecule has 3 saturated heterocycles. The number of aryl methyl sites for hydroxylation is 1. The highest BCUT2D eigenvalue weighted by Crippen LogP contribution is 2.48. The maximum absolute atomic E-state index is 11.5. The number of phenols is 1. The number of ether oxygens (including phenoxy) is 1. The molecule has 4 aliphatic heterocycles. The predicted octanol–water partition coefficient (Wildman–Crippen LogP) is 7.88. The number of benzene rings is 4. The summed E-state index contributed by atoms with van der Waals surface area (Å²) in [6.45, 7) is 15.5. The molecular formula is C51H61N5O4. The van der Waals surface area contributed by atoms with Gasteiger partial charge in [0.1, 0.15) is 12.0 Å². The molecule has 3 fully saturated rings. The van der Waals surface area contributed by atoms with Crippen LogP contribution in [0.25, 0.3) is 5.70 Å². The number of aldehydes is 1. The molecule has 0 aromatic heterocycles. The number of fused-ring (bicyclic) bond motifs is 2. The van der Waals surface area contributed by atoms with Crippen LogP contribution in [-0.4, -0.2) is 80.0 Å². The van der Waals surface area contributed by atoms with Crippen LogP contribution in [0.15, 0.2) is 104 Å². The molecule has 1 spiro atoms. The van der Waals surface area contributed by atoms with E-state index in [0.29, 0.717) is 54.7 Å². The molecule has 4 heterocycles. The van der Waals surface area contributed by atoms with E-state index in [4.69, 9.17) is 4.74 Å². The van der Waals surface area contributed by atoms with Crippen molar-refractivity contribution in [3.63, 3.8) is 0 Å². The molecule has 4 aromatic carbocycles. The normalized spacial score (nSPS) is 22.4. The quantitative estimate of drug-likeness (QED) is 0.140. The average molecular weight is 808 g/mol. The van der Waals surface area contributed by atoms with Gasteiger partial charge >= 0.3 is 0 Å². The van der Waals surface area contributed by atoms with E-state index in [1.807, 2.05) is 12.1 Å². The third kappa shape index (κ3) is 9.09. The van der Waals surface area contributed by atoms with E-state index in [2.05, 4.69) is 118 Å². The fraction of sp³-hybridized carbons (Fsp3) is 0.412. The molecule has 1 aliphatic carbocycles. The molecule has 60 heavy (non-hydrogen) atoms. The highest BCUT2D eigenvalue weighted by atomic mass is 16.5. The van der Waals surface area contributed by atoms with Gasteiger partial charge in [-0.2, -0.15) is 0 Å². The van der Waals surface area contributed by atoms with E-state index in [1.54, 1.807) is 7.11 Å². The first kappa shape index (κ1) is 41.5. The number of nitrogens with one attached hydrogen (secondary N) is 2. The van der Waals surface area contributed by atoms with Crippen LogP contribution in [0, 0.1) is 5.41 Å². The van der Waals surface area contributed by atoms with Crippen molar-refractivity contribution < 1.29 is 19.4 Å². The number of nitrogens with zero attached hydrogens (tertiary/aromatic N) is 3. The number of methoxy groups -OCH3 is 1. The minimum atomic E-state index is -0.0320. The standard InChI is InChI=1S/C31H36N2O.C20H25N3O3/c1-32-18-15-31(16-19-32)17-20-33(22-31)26-10-7-24(8-11-26)30-28(23-5-3-2-4-6-23)13-9-25-21-27(34)12-14-29(25)30;1-13(21-19-4-5-20(25)22-14(19)2)18-9-16-11-23(6-7-24)10-15(16)8-17(18)12-26-3/h2-8,10-12,14,21,28,30,34H,9,13,15-20,22H2,1H3;7-9,19,21H,1-2,4-6,10-12H2,3H3,(H,22,25). The molecule has 314 valence electrons. The van der Waals surface area contributed by atoms with Crippen LogP contribution in [0.1, 0.15) is 94.9 Å². The van der Waals surface area contributed by atoms with Crippen LogP contribution >= 0.6 is 0 Å².